The third-order valence-electron chi connectivity index (χ3n) is 0. The number of halogens is 6. The minimum absolute atomic E-state index is 1.92. The second-order valence-electron chi connectivity index (χ2n) is 17.3. The van der Waals surface area contributed by atoms with Crippen LogP contribution in [-0.4, -0.2) is 256 Å². The maximum atomic E-state index is 10.1. The number of hydrogen-bond acceptors (Lipinski definition) is 18. The van der Waals surface area contributed by atoms with Gasteiger partial charge in [0.2, 0.25) is 0 Å². The van der Waals surface area contributed by atoms with Crippen LogP contribution in [0.3, 0.4) is 0 Å². The summed E-state index contributed by atoms with van der Waals surface area (Å²) in [5, 5.41) is 0. The molecular formula is C36H108F6O30P6. The van der Waals surface area contributed by atoms with Crippen LogP contribution in [0, 0.1) is 0 Å². The normalized spacial score (nSPS) is 10.1. The quantitative estimate of drug-likeness (QED) is 0.142. The summed E-state index contributed by atoms with van der Waals surface area (Å²) < 4.78 is 142. The van der Waals surface area contributed by atoms with Crippen molar-refractivity contribution >= 4 is 47.4 Å². The van der Waals surface area contributed by atoms with Gasteiger partial charge in [-0.25, -0.2) is 25.2 Å². The standard InChI is InChI=1S/12C3H9O.6FH2O3P/c12*1-4(2)3;6*1-5(2,3)4/h12*1-3H3;6*(H2,2,3,4)/q12*+1;;;;;;/p-12. The van der Waals surface area contributed by atoms with Crippen LogP contribution in [0.1, 0.15) is 0 Å². The summed E-state index contributed by atoms with van der Waals surface area (Å²) in [5.41, 5.74) is 0. The van der Waals surface area contributed by atoms with Gasteiger partial charge in [-0.05, 0) is 0 Å². The molecule has 0 N–H and O–H groups in total. The highest BCUT2D eigenvalue weighted by Gasteiger charge is 1.73. The highest BCUT2D eigenvalue weighted by molar-refractivity contribution is 7.43. The Morgan fingerprint density at radius 2 is 0.154 bits per heavy atom. The third kappa shape index (κ3) is 138999999999999996304161676659529875456. The van der Waals surface area contributed by atoms with Crippen molar-refractivity contribution in [2.24, 2.45) is 0 Å². The average molecular weight is 1320 g/mol. The Morgan fingerprint density at radius 3 is 0.154 bits per heavy atom. The molecule has 0 saturated carbocycles. The molecule has 0 heterocycles. The Labute approximate surface area is 466 Å². The first-order valence-corrected chi connectivity index (χ1v) is 27.6. The fourth-order valence-electron chi connectivity index (χ4n) is 0. The van der Waals surface area contributed by atoms with E-state index in [-0.39, 0.29) is 0 Å². The lowest BCUT2D eigenvalue weighted by Gasteiger charge is -2.15. The Balaban J connectivity index is -0.0000000306. The van der Waals surface area contributed by atoms with Crippen LogP contribution < -0.4 is 58.7 Å². The Kier molecular flexibility index (Phi) is 141. The molecule has 0 fully saturated rings. The molecule has 0 spiro atoms. The molecule has 0 aliphatic heterocycles. The van der Waals surface area contributed by atoms with Gasteiger partial charge in [0.05, 0.1) is 0 Å². The summed E-state index contributed by atoms with van der Waals surface area (Å²) >= 11 is 0. The summed E-state index contributed by atoms with van der Waals surface area (Å²) in [6.45, 7) is 0. The summed E-state index contributed by atoms with van der Waals surface area (Å²) in [5.74, 6) is 0. The lowest BCUT2D eigenvalue weighted by atomic mass is 11.4. The van der Waals surface area contributed by atoms with Crippen molar-refractivity contribution in [2.45, 2.75) is 0 Å². The monoisotopic (exact) mass is 1320 g/mol. The maximum Gasteiger partial charge on any atom is 0.135 e. The first-order chi connectivity index (χ1) is 32.8. The summed E-state index contributed by atoms with van der Waals surface area (Å²) in [6.07, 6.45) is 0. The molecule has 0 amide bonds. The molecule has 78 heavy (non-hydrogen) atoms. The van der Waals surface area contributed by atoms with Crippen molar-refractivity contribution in [3.05, 3.63) is 0 Å². The topological polar surface area (TPSA) is 412 Å². The lowest BCUT2D eigenvalue weighted by molar-refractivity contribution is -0.330. The molecule has 0 saturated heterocycles. The zero-order valence-corrected chi connectivity index (χ0v) is 58.6. The zero-order valence-electron chi connectivity index (χ0n) is 53.2. The maximum absolute atomic E-state index is 10.1. The summed E-state index contributed by atoms with van der Waals surface area (Å²) in [7, 11) is 35.2. The van der Waals surface area contributed by atoms with Gasteiger partial charge in [0.15, 0.2) is 0 Å². The van der Waals surface area contributed by atoms with Crippen LogP contribution in [0.5, 0.6) is 0 Å². The molecule has 0 rings (SSSR count). The van der Waals surface area contributed by atoms with E-state index in [0.717, 1.165) is 0 Å². The van der Waals surface area contributed by atoms with Gasteiger partial charge in [-0.15, -0.1) is 0 Å². The lowest BCUT2D eigenvalue weighted by Crippen LogP contribution is -2.07. The van der Waals surface area contributed by atoms with Crippen molar-refractivity contribution in [2.75, 3.05) is 256 Å². The number of rotatable bonds is 0. The van der Waals surface area contributed by atoms with E-state index in [1.807, 2.05) is 256 Å². The predicted molar refractivity (Wildman–Crippen MR) is 279 cm³/mol. The third-order valence-corrected chi connectivity index (χ3v) is 0. The van der Waals surface area contributed by atoms with Gasteiger partial charge in [-0.1, -0.05) is 0 Å². The van der Waals surface area contributed by atoms with Gasteiger partial charge in [0.25, 0.3) is 0 Å². The highest BCUT2D eigenvalue weighted by atomic mass is 31.2. The van der Waals surface area contributed by atoms with Crippen LogP contribution in [0.15, 0.2) is 0 Å². The van der Waals surface area contributed by atoms with E-state index >= 15 is 0 Å². The Hall–Kier alpha value is -0.0000000000000000555. The van der Waals surface area contributed by atoms with Crippen molar-refractivity contribution < 1.29 is 164 Å². The number of hydrogen-bond donors (Lipinski definition) is 0. The molecule has 0 atom stereocenters. The average Bonchev–Trinajstić information content (AvgIpc) is 2.87. The molecular weight excluding hydrogens is 1210 g/mol. The van der Waals surface area contributed by atoms with Gasteiger partial charge in [0, 0.05) is 0 Å². The van der Waals surface area contributed by atoms with Crippen LogP contribution in [0.25, 0.3) is 0 Å². The van der Waals surface area contributed by atoms with Crippen LogP contribution in [0.4, 0.5) is 25.2 Å². The molecule has 0 aromatic rings. The largest absolute Gasteiger partial charge is 0.786 e. The fraction of sp³-hybridized carbons (Fsp3) is 1.00. The van der Waals surface area contributed by atoms with Gasteiger partial charge >= 0.3 is 0 Å². The molecule has 42 heteroatoms. The van der Waals surface area contributed by atoms with Gasteiger partial charge in [-0.2, -0.15) is 0 Å². The first kappa shape index (κ1) is 128. The van der Waals surface area contributed by atoms with Crippen LogP contribution in [-0.2, 0) is 79.8 Å². The van der Waals surface area contributed by atoms with Gasteiger partial charge in [-0.3, -0.25) is 0 Å². The van der Waals surface area contributed by atoms with Crippen molar-refractivity contribution in [1.29, 1.82) is 0 Å². The van der Waals surface area contributed by atoms with Crippen molar-refractivity contribution in [1.82, 2.24) is 0 Å². The molecule has 0 radical (unpaired) electrons. The minimum Gasteiger partial charge on any atom is -0.786 e. The first-order valence-electron chi connectivity index (χ1n) is 19.0. The second-order valence-corrected chi connectivity index (χ2v) is 22.4. The predicted octanol–water partition coefficient (Wildman–Crippen LogP) is -2.16. The molecule has 0 aromatic heterocycles. The van der Waals surface area contributed by atoms with E-state index in [1.54, 1.807) is 0 Å². The zero-order chi connectivity index (χ0) is 69.9. The molecule has 0 bridgehead atoms. The molecule has 30 nitrogen and oxygen atoms in total. The fourth-order valence-corrected chi connectivity index (χ4v) is 0. The SMILES string of the molecule is C[O+](C)C.C[O+](C)C.C[O+](C)C.C[O+](C)C.C[O+](C)C.C[O+](C)C.C[O+](C)C.C[O+](C)C.C[O+](C)C.C[O+](C)C.C[O+](C)C.C[O+](C)C.O=P([O-])([O-])F.O=P([O-])([O-])F.O=P([O-])([O-])F.O=P([O-])([O-])F.O=P([O-])([O-])F.O=P([O-])([O-])F. The summed E-state index contributed by atoms with van der Waals surface area (Å²) in [6, 6.07) is 0. The molecule has 504 valence electrons. The van der Waals surface area contributed by atoms with Crippen molar-refractivity contribution in [3.8, 4) is 0 Å². The van der Waals surface area contributed by atoms with E-state index in [9.17, 15) is 25.2 Å². The minimum atomic E-state index is -5.64. The van der Waals surface area contributed by atoms with E-state index in [1.165, 1.54) is 0 Å². The Bertz CT molecular complexity index is 927. The Morgan fingerprint density at radius 1 is 0.154 bits per heavy atom. The molecule has 0 aliphatic carbocycles. The van der Waals surface area contributed by atoms with Gasteiger partial charge < -0.3 is 139 Å². The van der Waals surface area contributed by atoms with Crippen molar-refractivity contribution in [3.63, 3.8) is 0 Å². The molecule has 0 aliphatic rings. The summed E-state index contributed by atoms with van der Waals surface area (Å²) in [4.78, 5) is 101. The van der Waals surface area contributed by atoms with Crippen LogP contribution >= 0.6 is 47.4 Å². The van der Waals surface area contributed by atoms with Crippen LogP contribution in [0.2, 0.25) is 0 Å². The van der Waals surface area contributed by atoms with E-state index in [2.05, 4.69) is 52.4 Å². The molecule has 0 aromatic carbocycles. The highest BCUT2D eigenvalue weighted by Crippen LogP contribution is 2.24. The van der Waals surface area contributed by atoms with E-state index in [0.29, 0.717) is 0 Å². The second kappa shape index (κ2) is 85.8. The van der Waals surface area contributed by atoms with E-state index in [4.69, 9.17) is 86.1 Å². The van der Waals surface area contributed by atoms with E-state index < -0.39 is 47.4 Å². The smallest absolute Gasteiger partial charge is 0.135 e. The van der Waals surface area contributed by atoms with Gasteiger partial charge in [0.1, 0.15) is 303 Å². The molecule has 0 unspecified atom stereocenters.